The van der Waals surface area contributed by atoms with E-state index in [9.17, 15) is 18.0 Å². The van der Waals surface area contributed by atoms with Gasteiger partial charge in [-0.1, -0.05) is 0 Å². The molecule has 1 aromatic carbocycles. The van der Waals surface area contributed by atoms with Crippen molar-refractivity contribution in [2.24, 2.45) is 0 Å². The van der Waals surface area contributed by atoms with Crippen molar-refractivity contribution in [3.63, 3.8) is 0 Å². The number of carbonyl (C=O) groups excluding carboxylic acids is 1. The highest BCUT2D eigenvalue weighted by molar-refractivity contribution is 7.13. The van der Waals surface area contributed by atoms with Crippen molar-refractivity contribution < 1.29 is 31.9 Å². The zero-order valence-electron chi connectivity index (χ0n) is 16.2. The molecule has 0 saturated heterocycles. The Hall–Kier alpha value is -3.01. The molecule has 0 atom stereocenters. The van der Waals surface area contributed by atoms with E-state index < -0.39 is 18.6 Å². The molecular weight excluding hydrogens is 421 g/mol. The number of thiazole rings is 1. The van der Waals surface area contributed by atoms with Crippen molar-refractivity contribution in [1.29, 1.82) is 0 Å². The highest BCUT2D eigenvalue weighted by atomic mass is 32.1. The van der Waals surface area contributed by atoms with Gasteiger partial charge < -0.3 is 18.8 Å². The smallest absolute Gasteiger partial charge is 0.406 e. The van der Waals surface area contributed by atoms with Crippen molar-refractivity contribution in [3.05, 3.63) is 53.4 Å². The standard InChI is InChI=1S/C20H19F3N2O4S/c1-27-16-6-5-13(8-17(16)28-2)19-24-14(11-30-19)9-18(26)25(12-20(21,22)23)10-15-4-3-7-29-15/h3-8,11H,9-10,12H2,1-2H3. The number of alkyl halides is 3. The summed E-state index contributed by atoms with van der Waals surface area (Å²) in [6.07, 6.45) is -3.42. The van der Waals surface area contributed by atoms with Gasteiger partial charge in [-0.2, -0.15) is 13.2 Å². The molecule has 0 aliphatic rings. The number of aromatic nitrogens is 1. The highest BCUT2D eigenvalue weighted by Crippen LogP contribution is 2.33. The molecule has 10 heteroatoms. The molecule has 3 aromatic rings. The average Bonchev–Trinajstić information content (AvgIpc) is 3.38. The predicted molar refractivity (Wildman–Crippen MR) is 105 cm³/mol. The average molecular weight is 440 g/mol. The quantitative estimate of drug-likeness (QED) is 0.514. The first kappa shape index (κ1) is 21.7. The molecule has 2 aromatic heterocycles. The van der Waals surface area contributed by atoms with Crippen LogP contribution in [0.2, 0.25) is 0 Å². The second-order valence-corrected chi connectivity index (χ2v) is 7.19. The number of rotatable bonds is 8. The van der Waals surface area contributed by atoms with Gasteiger partial charge in [0.1, 0.15) is 17.3 Å². The number of ether oxygens (including phenoxy) is 2. The van der Waals surface area contributed by atoms with Crippen LogP contribution in [0.3, 0.4) is 0 Å². The Labute approximate surface area is 174 Å². The first-order valence-corrected chi connectivity index (χ1v) is 9.70. The predicted octanol–water partition coefficient (Wildman–Crippen LogP) is 4.55. The van der Waals surface area contributed by atoms with Gasteiger partial charge in [-0.15, -0.1) is 11.3 Å². The van der Waals surface area contributed by atoms with E-state index in [0.717, 1.165) is 5.56 Å². The van der Waals surface area contributed by atoms with Gasteiger partial charge in [0.25, 0.3) is 0 Å². The molecule has 30 heavy (non-hydrogen) atoms. The Morgan fingerprint density at radius 1 is 1.20 bits per heavy atom. The Kier molecular flexibility index (Phi) is 6.66. The van der Waals surface area contributed by atoms with Gasteiger partial charge in [0.2, 0.25) is 5.91 Å². The third kappa shape index (κ3) is 5.53. The number of carbonyl (C=O) groups is 1. The summed E-state index contributed by atoms with van der Waals surface area (Å²) in [4.78, 5) is 17.7. The molecule has 0 radical (unpaired) electrons. The molecule has 0 spiro atoms. The van der Waals surface area contributed by atoms with Gasteiger partial charge >= 0.3 is 6.18 Å². The molecule has 0 fully saturated rings. The Morgan fingerprint density at radius 3 is 2.60 bits per heavy atom. The first-order chi connectivity index (χ1) is 14.3. The third-order valence-electron chi connectivity index (χ3n) is 4.16. The lowest BCUT2D eigenvalue weighted by Crippen LogP contribution is -2.39. The molecule has 0 saturated carbocycles. The minimum absolute atomic E-state index is 0.249. The minimum atomic E-state index is -4.52. The van der Waals surface area contributed by atoms with E-state index in [1.165, 1.54) is 37.9 Å². The molecule has 0 aliphatic carbocycles. The number of hydrogen-bond donors (Lipinski definition) is 0. The van der Waals surface area contributed by atoms with Crippen LogP contribution in [0.25, 0.3) is 10.6 Å². The zero-order chi connectivity index (χ0) is 21.7. The fourth-order valence-electron chi connectivity index (χ4n) is 2.80. The SMILES string of the molecule is COc1ccc(-c2nc(CC(=O)N(Cc3ccco3)CC(F)(F)F)cs2)cc1OC. The fraction of sp³-hybridized carbons (Fsp3) is 0.300. The number of nitrogens with zero attached hydrogens (tertiary/aromatic N) is 2. The summed E-state index contributed by atoms with van der Waals surface area (Å²) in [7, 11) is 3.04. The number of methoxy groups -OCH3 is 2. The Balaban J connectivity index is 1.75. The molecule has 1 amide bonds. The van der Waals surface area contributed by atoms with E-state index in [2.05, 4.69) is 4.98 Å². The first-order valence-electron chi connectivity index (χ1n) is 8.83. The summed E-state index contributed by atoms with van der Waals surface area (Å²) in [5, 5.41) is 2.27. The van der Waals surface area contributed by atoms with E-state index in [0.29, 0.717) is 27.1 Å². The summed E-state index contributed by atoms with van der Waals surface area (Å²) in [5.41, 5.74) is 1.14. The Morgan fingerprint density at radius 2 is 1.97 bits per heavy atom. The third-order valence-corrected chi connectivity index (χ3v) is 5.10. The number of furan rings is 1. The molecule has 160 valence electrons. The van der Waals surface area contributed by atoms with E-state index >= 15 is 0 Å². The summed E-state index contributed by atoms with van der Waals surface area (Å²) in [6, 6.07) is 8.35. The van der Waals surface area contributed by atoms with E-state index in [1.807, 2.05) is 0 Å². The van der Waals surface area contributed by atoms with Crippen molar-refractivity contribution in [1.82, 2.24) is 9.88 Å². The van der Waals surface area contributed by atoms with Gasteiger partial charge in [0.15, 0.2) is 11.5 Å². The second kappa shape index (κ2) is 9.21. The lowest BCUT2D eigenvalue weighted by Gasteiger charge is -2.22. The van der Waals surface area contributed by atoms with Crippen LogP contribution in [-0.4, -0.2) is 42.7 Å². The second-order valence-electron chi connectivity index (χ2n) is 6.33. The molecular formula is C20H19F3N2O4S. The number of halogens is 3. The van der Waals surface area contributed by atoms with Gasteiger partial charge in [-0.3, -0.25) is 4.79 Å². The van der Waals surface area contributed by atoms with Crippen LogP contribution in [0.5, 0.6) is 11.5 Å². The van der Waals surface area contributed by atoms with Crippen molar-refractivity contribution >= 4 is 17.2 Å². The van der Waals surface area contributed by atoms with Crippen molar-refractivity contribution in [2.75, 3.05) is 20.8 Å². The van der Waals surface area contributed by atoms with Crippen LogP contribution in [0.4, 0.5) is 13.2 Å². The van der Waals surface area contributed by atoms with Gasteiger partial charge in [-0.05, 0) is 30.3 Å². The molecule has 0 aliphatic heterocycles. The van der Waals surface area contributed by atoms with E-state index in [4.69, 9.17) is 13.9 Å². The van der Waals surface area contributed by atoms with Crippen molar-refractivity contribution in [3.8, 4) is 22.1 Å². The number of hydrogen-bond acceptors (Lipinski definition) is 6. The van der Waals surface area contributed by atoms with Gasteiger partial charge in [0, 0.05) is 10.9 Å². The molecule has 0 unspecified atom stereocenters. The monoisotopic (exact) mass is 440 g/mol. The molecule has 6 nitrogen and oxygen atoms in total. The normalized spacial score (nSPS) is 11.4. The fourth-order valence-corrected chi connectivity index (χ4v) is 3.61. The topological polar surface area (TPSA) is 64.8 Å². The molecule has 3 rings (SSSR count). The molecule has 0 bridgehead atoms. The lowest BCUT2D eigenvalue weighted by atomic mass is 10.2. The van der Waals surface area contributed by atoms with Gasteiger partial charge in [0.05, 0.1) is 39.1 Å². The number of benzene rings is 1. The van der Waals surface area contributed by atoms with Crippen LogP contribution in [0.15, 0.2) is 46.4 Å². The summed E-state index contributed by atoms with van der Waals surface area (Å²) < 4.78 is 54.4. The van der Waals surface area contributed by atoms with Crippen LogP contribution in [-0.2, 0) is 17.8 Å². The van der Waals surface area contributed by atoms with E-state index in [-0.39, 0.29) is 18.7 Å². The highest BCUT2D eigenvalue weighted by Gasteiger charge is 2.33. The molecule has 0 N–H and O–H groups in total. The largest absolute Gasteiger partial charge is 0.493 e. The summed E-state index contributed by atoms with van der Waals surface area (Å²) in [5.74, 6) is 0.677. The number of amides is 1. The van der Waals surface area contributed by atoms with E-state index in [1.54, 1.807) is 29.6 Å². The van der Waals surface area contributed by atoms with Gasteiger partial charge in [-0.25, -0.2) is 4.98 Å². The maximum atomic E-state index is 12.9. The maximum Gasteiger partial charge on any atom is 0.406 e. The zero-order valence-corrected chi connectivity index (χ0v) is 17.0. The van der Waals surface area contributed by atoms with Crippen LogP contribution >= 0.6 is 11.3 Å². The molecule has 2 heterocycles. The summed E-state index contributed by atoms with van der Waals surface area (Å²) in [6.45, 7) is -1.63. The Bertz CT molecular complexity index is 986. The maximum absolute atomic E-state index is 12.9. The van der Waals surface area contributed by atoms with Crippen LogP contribution in [0.1, 0.15) is 11.5 Å². The van der Waals surface area contributed by atoms with Crippen LogP contribution in [0, 0.1) is 0 Å². The van der Waals surface area contributed by atoms with Crippen LogP contribution < -0.4 is 9.47 Å². The van der Waals surface area contributed by atoms with Crippen molar-refractivity contribution in [2.45, 2.75) is 19.1 Å². The minimum Gasteiger partial charge on any atom is -0.493 e. The summed E-state index contributed by atoms with van der Waals surface area (Å²) >= 11 is 1.29. The lowest BCUT2D eigenvalue weighted by molar-refractivity contribution is -0.162.